The van der Waals surface area contributed by atoms with E-state index in [1.807, 2.05) is 0 Å². The molecule has 0 aliphatic rings. The van der Waals surface area contributed by atoms with Crippen LogP contribution in [0.2, 0.25) is 0 Å². The van der Waals surface area contributed by atoms with Crippen LogP contribution < -0.4 is 9.47 Å². The van der Waals surface area contributed by atoms with Crippen LogP contribution in [0.3, 0.4) is 0 Å². The standard InChI is InChI=1S/C22H25N2S/c1-16-6-7-17(2)20(14-16)21-15-25-22(24(21)5)13-10-18-8-11-19(12-9-18)23(3)4/h6-15H,1-5H3/q+1. The minimum absolute atomic E-state index is 1.22. The van der Waals surface area contributed by atoms with Crippen LogP contribution in [0.15, 0.2) is 47.8 Å². The van der Waals surface area contributed by atoms with Crippen molar-refractivity contribution < 1.29 is 4.57 Å². The molecule has 3 aromatic rings. The normalized spacial score (nSPS) is 11.2. The molecule has 3 heteroatoms. The fraction of sp³-hybridized carbons (Fsp3) is 0.227. The van der Waals surface area contributed by atoms with Gasteiger partial charge in [-0.2, -0.15) is 4.57 Å². The van der Waals surface area contributed by atoms with Crippen LogP contribution in [-0.4, -0.2) is 14.1 Å². The number of aromatic nitrogens is 1. The van der Waals surface area contributed by atoms with Gasteiger partial charge in [0, 0.05) is 25.9 Å². The fourth-order valence-corrected chi connectivity index (χ4v) is 3.77. The first-order valence-electron chi connectivity index (χ1n) is 8.46. The highest BCUT2D eigenvalue weighted by atomic mass is 32.1. The van der Waals surface area contributed by atoms with E-state index in [1.165, 1.54) is 38.6 Å². The molecule has 0 atom stereocenters. The van der Waals surface area contributed by atoms with Crippen LogP contribution in [0.1, 0.15) is 21.7 Å². The summed E-state index contributed by atoms with van der Waals surface area (Å²) in [7, 11) is 6.26. The molecule has 0 N–H and O–H groups in total. The third kappa shape index (κ3) is 3.83. The number of aryl methyl sites for hydroxylation is 2. The van der Waals surface area contributed by atoms with Gasteiger partial charge in [-0.25, -0.2) is 0 Å². The van der Waals surface area contributed by atoms with Gasteiger partial charge in [0.25, 0.3) is 5.01 Å². The minimum Gasteiger partial charge on any atom is -0.378 e. The van der Waals surface area contributed by atoms with Gasteiger partial charge in [0.2, 0.25) is 5.69 Å². The number of benzene rings is 2. The molecule has 0 amide bonds. The molecule has 0 saturated carbocycles. The molecular weight excluding hydrogens is 324 g/mol. The number of thiazole rings is 1. The van der Waals surface area contributed by atoms with Crippen LogP contribution in [0.4, 0.5) is 5.69 Å². The Morgan fingerprint density at radius 1 is 0.960 bits per heavy atom. The van der Waals surface area contributed by atoms with Crippen molar-refractivity contribution in [3.05, 3.63) is 69.5 Å². The summed E-state index contributed by atoms with van der Waals surface area (Å²) in [6, 6.07) is 15.2. The smallest absolute Gasteiger partial charge is 0.261 e. The van der Waals surface area contributed by atoms with Crippen molar-refractivity contribution in [2.24, 2.45) is 7.05 Å². The molecule has 0 saturated heterocycles. The predicted molar refractivity (Wildman–Crippen MR) is 110 cm³/mol. The highest BCUT2D eigenvalue weighted by Gasteiger charge is 2.17. The number of hydrogen-bond acceptors (Lipinski definition) is 2. The molecule has 0 aliphatic carbocycles. The Bertz CT molecular complexity index is 902. The molecule has 2 nitrogen and oxygen atoms in total. The van der Waals surface area contributed by atoms with E-state index >= 15 is 0 Å². The first-order chi connectivity index (χ1) is 12.0. The molecule has 0 unspecified atom stereocenters. The first kappa shape index (κ1) is 17.4. The van der Waals surface area contributed by atoms with Crippen molar-refractivity contribution in [2.75, 3.05) is 19.0 Å². The second-order valence-electron chi connectivity index (χ2n) is 6.66. The lowest BCUT2D eigenvalue weighted by molar-refractivity contribution is -0.657. The summed E-state index contributed by atoms with van der Waals surface area (Å²) in [5.41, 5.74) is 7.63. The van der Waals surface area contributed by atoms with Crippen LogP contribution >= 0.6 is 11.3 Å². The van der Waals surface area contributed by atoms with Gasteiger partial charge < -0.3 is 4.90 Å². The second kappa shape index (κ2) is 7.24. The average Bonchev–Trinajstić information content (AvgIpc) is 2.96. The summed E-state index contributed by atoms with van der Waals surface area (Å²) in [5.74, 6) is 0. The van der Waals surface area contributed by atoms with E-state index in [-0.39, 0.29) is 0 Å². The number of hydrogen-bond donors (Lipinski definition) is 0. The topological polar surface area (TPSA) is 7.12 Å². The molecule has 3 rings (SSSR count). The Balaban J connectivity index is 1.87. The molecular formula is C22H25N2S+. The number of rotatable bonds is 4. The lowest BCUT2D eigenvalue weighted by Crippen LogP contribution is -2.31. The zero-order valence-corrected chi connectivity index (χ0v) is 16.4. The highest BCUT2D eigenvalue weighted by Crippen LogP contribution is 2.25. The maximum absolute atomic E-state index is 2.27. The van der Waals surface area contributed by atoms with Crippen molar-refractivity contribution in [1.29, 1.82) is 0 Å². The summed E-state index contributed by atoms with van der Waals surface area (Å²) < 4.78 is 2.27. The van der Waals surface area contributed by atoms with E-state index in [9.17, 15) is 0 Å². The van der Waals surface area contributed by atoms with Gasteiger partial charge in [0.05, 0.1) is 10.9 Å². The molecule has 25 heavy (non-hydrogen) atoms. The molecule has 128 valence electrons. The van der Waals surface area contributed by atoms with Gasteiger partial charge in [-0.15, -0.1) is 0 Å². The Morgan fingerprint density at radius 3 is 2.36 bits per heavy atom. The third-order valence-corrected chi connectivity index (χ3v) is 5.47. The first-order valence-corrected chi connectivity index (χ1v) is 9.34. The predicted octanol–water partition coefficient (Wildman–Crippen LogP) is 5.09. The summed E-state index contributed by atoms with van der Waals surface area (Å²) in [4.78, 5) is 2.11. The van der Waals surface area contributed by atoms with E-state index in [1.54, 1.807) is 11.3 Å². The Labute approximate surface area is 154 Å². The van der Waals surface area contributed by atoms with Gasteiger partial charge in [-0.3, -0.25) is 0 Å². The lowest BCUT2D eigenvalue weighted by atomic mass is 10.0. The largest absolute Gasteiger partial charge is 0.378 e. The SMILES string of the molecule is Cc1ccc(C)c(-c2csc(/C=C/c3ccc(N(C)C)cc3)[n+]2C)c1. The highest BCUT2D eigenvalue weighted by molar-refractivity contribution is 7.10. The van der Waals surface area contributed by atoms with Gasteiger partial charge >= 0.3 is 0 Å². The van der Waals surface area contributed by atoms with Gasteiger partial charge in [-0.1, -0.05) is 41.2 Å². The van der Waals surface area contributed by atoms with Crippen molar-refractivity contribution in [1.82, 2.24) is 0 Å². The van der Waals surface area contributed by atoms with E-state index in [4.69, 9.17) is 0 Å². The summed E-state index contributed by atoms with van der Waals surface area (Å²) >= 11 is 1.78. The maximum Gasteiger partial charge on any atom is 0.261 e. The third-order valence-electron chi connectivity index (χ3n) is 4.48. The molecule has 0 radical (unpaired) electrons. The second-order valence-corrected chi connectivity index (χ2v) is 7.55. The summed E-state index contributed by atoms with van der Waals surface area (Å²) in [6.45, 7) is 4.32. The monoisotopic (exact) mass is 349 g/mol. The molecule has 1 heterocycles. The van der Waals surface area contributed by atoms with E-state index in [2.05, 4.69) is 104 Å². The summed E-state index contributed by atoms with van der Waals surface area (Å²) in [6.07, 6.45) is 4.38. The quantitative estimate of drug-likeness (QED) is 0.595. The van der Waals surface area contributed by atoms with E-state index in [0.29, 0.717) is 0 Å². The van der Waals surface area contributed by atoms with Crippen molar-refractivity contribution in [3.8, 4) is 11.3 Å². The van der Waals surface area contributed by atoms with Crippen molar-refractivity contribution >= 4 is 29.2 Å². The van der Waals surface area contributed by atoms with Crippen LogP contribution in [0, 0.1) is 13.8 Å². The average molecular weight is 350 g/mol. The van der Waals surface area contributed by atoms with Crippen molar-refractivity contribution in [3.63, 3.8) is 0 Å². The Morgan fingerprint density at radius 2 is 1.68 bits per heavy atom. The lowest BCUT2D eigenvalue weighted by Gasteiger charge is -2.11. The van der Waals surface area contributed by atoms with Gasteiger partial charge in [0.15, 0.2) is 0 Å². The van der Waals surface area contributed by atoms with Crippen LogP contribution in [0.25, 0.3) is 23.4 Å². The molecule has 0 aliphatic heterocycles. The van der Waals surface area contributed by atoms with Gasteiger partial charge in [0.1, 0.15) is 7.05 Å². The molecule has 0 spiro atoms. The fourth-order valence-electron chi connectivity index (χ4n) is 2.85. The minimum atomic E-state index is 1.22. The summed E-state index contributed by atoms with van der Waals surface area (Å²) in [5, 5.41) is 3.49. The molecule has 0 fully saturated rings. The zero-order chi connectivity index (χ0) is 18.0. The van der Waals surface area contributed by atoms with E-state index in [0.717, 1.165) is 0 Å². The van der Waals surface area contributed by atoms with Crippen LogP contribution in [0.5, 0.6) is 0 Å². The Kier molecular flexibility index (Phi) is 5.05. The molecule has 2 aromatic carbocycles. The Hall–Kier alpha value is -2.39. The molecule has 1 aromatic heterocycles. The zero-order valence-electron chi connectivity index (χ0n) is 15.6. The van der Waals surface area contributed by atoms with Crippen molar-refractivity contribution in [2.45, 2.75) is 13.8 Å². The van der Waals surface area contributed by atoms with E-state index < -0.39 is 0 Å². The molecule has 0 bridgehead atoms. The van der Waals surface area contributed by atoms with Crippen LogP contribution in [-0.2, 0) is 7.05 Å². The number of anilines is 1. The van der Waals surface area contributed by atoms with Gasteiger partial charge in [-0.05, 0) is 49.2 Å². The number of nitrogens with zero attached hydrogens (tertiary/aromatic N) is 2. The maximum atomic E-state index is 2.27.